The van der Waals surface area contributed by atoms with E-state index in [0.29, 0.717) is 0 Å². The Morgan fingerprint density at radius 1 is 0.870 bits per heavy atom. The van der Waals surface area contributed by atoms with Crippen LogP contribution in [0.2, 0.25) is 0 Å². The Labute approximate surface area is 144 Å². The van der Waals surface area contributed by atoms with Crippen LogP contribution in [0.5, 0.6) is 0 Å². The molecule has 0 aromatic rings. The minimum atomic E-state index is 0.888. The van der Waals surface area contributed by atoms with E-state index in [-0.39, 0.29) is 0 Å². The summed E-state index contributed by atoms with van der Waals surface area (Å²) in [6.45, 7) is 9.71. The fraction of sp³-hybridized carbons (Fsp3) is 0.810. The zero-order chi connectivity index (χ0) is 16.7. The van der Waals surface area contributed by atoms with Gasteiger partial charge in [0, 0.05) is 13.1 Å². The highest BCUT2D eigenvalue weighted by Crippen LogP contribution is 2.27. The molecule has 0 saturated heterocycles. The summed E-state index contributed by atoms with van der Waals surface area (Å²) in [5.41, 5.74) is 3.21. The van der Waals surface area contributed by atoms with Gasteiger partial charge in [-0.25, -0.2) is 0 Å². The van der Waals surface area contributed by atoms with E-state index in [9.17, 15) is 0 Å². The van der Waals surface area contributed by atoms with E-state index in [1.165, 1.54) is 71.1 Å². The fourth-order valence-corrected chi connectivity index (χ4v) is 3.97. The lowest BCUT2D eigenvalue weighted by Crippen LogP contribution is -2.36. The van der Waals surface area contributed by atoms with Crippen LogP contribution in [0.4, 0.5) is 0 Å². The van der Waals surface area contributed by atoms with Crippen molar-refractivity contribution in [2.45, 2.75) is 58.8 Å². The van der Waals surface area contributed by atoms with Gasteiger partial charge in [0.05, 0.1) is 0 Å². The number of hydrogen-bond donors (Lipinski definition) is 0. The predicted octanol–water partition coefficient (Wildman–Crippen LogP) is 4.73. The lowest BCUT2D eigenvalue weighted by atomic mass is 9.88. The second kappa shape index (κ2) is 9.64. The highest BCUT2D eigenvalue weighted by Gasteiger charge is 2.20. The molecule has 2 rings (SSSR count). The minimum absolute atomic E-state index is 0.888. The number of rotatable bonds is 8. The molecule has 2 aliphatic rings. The molecule has 2 aliphatic carbocycles. The number of nitrogens with zero attached hydrogens (tertiary/aromatic N) is 2. The number of allylic oxidation sites excluding steroid dienone is 4. The summed E-state index contributed by atoms with van der Waals surface area (Å²) in [5, 5.41) is 0. The highest BCUT2D eigenvalue weighted by molar-refractivity contribution is 5.04. The van der Waals surface area contributed by atoms with Crippen LogP contribution in [0.1, 0.15) is 58.8 Å². The first-order valence-corrected chi connectivity index (χ1v) is 9.71. The molecule has 23 heavy (non-hydrogen) atoms. The second-order valence-electron chi connectivity index (χ2n) is 8.30. The molecule has 0 aromatic carbocycles. The first-order valence-electron chi connectivity index (χ1n) is 9.71. The smallest absolute Gasteiger partial charge is 0.00129 e. The molecule has 0 bridgehead atoms. The van der Waals surface area contributed by atoms with Gasteiger partial charge in [0.25, 0.3) is 0 Å². The van der Waals surface area contributed by atoms with E-state index >= 15 is 0 Å². The molecule has 2 atom stereocenters. The van der Waals surface area contributed by atoms with Gasteiger partial charge in [0.15, 0.2) is 0 Å². The third-order valence-electron chi connectivity index (χ3n) is 5.61. The van der Waals surface area contributed by atoms with Gasteiger partial charge in [-0.2, -0.15) is 0 Å². The molecule has 0 aromatic heterocycles. The highest BCUT2D eigenvalue weighted by atomic mass is 15.1. The normalized spacial score (nSPS) is 25.7. The molecule has 0 amide bonds. The molecule has 2 heteroatoms. The largest absolute Gasteiger partial charge is 0.309 e. The van der Waals surface area contributed by atoms with E-state index < -0.39 is 0 Å². The predicted molar refractivity (Wildman–Crippen MR) is 102 cm³/mol. The Balaban J connectivity index is 1.83. The van der Waals surface area contributed by atoms with Crippen LogP contribution < -0.4 is 0 Å². The van der Waals surface area contributed by atoms with Crippen LogP contribution in [-0.2, 0) is 0 Å². The summed E-state index contributed by atoms with van der Waals surface area (Å²) in [4.78, 5) is 5.11. The lowest BCUT2D eigenvalue weighted by Gasteiger charge is -2.33. The molecule has 0 saturated carbocycles. The average Bonchev–Trinajstić information content (AvgIpc) is 2.51. The third-order valence-corrected chi connectivity index (χ3v) is 5.61. The molecule has 132 valence electrons. The van der Waals surface area contributed by atoms with Gasteiger partial charge in [-0.3, -0.25) is 0 Å². The van der Waals surface area contributed by atoms with E-state index in [4.69, 9.17) is 0 Å². The quantitative estimate of drug-likeness (QED) is 0.597. The van der Waals surface area contributed by atoms with Crippen molar-refractivity contribution in [3.8, 4) is 0 Å². The van der Waals surface area contributed by atoms with Gasteiger partial charge < -0.3 is 9.80 Å². The summed E-state index contributed by atoms with van der Waals surface area (Å²) in [5.74, 6) is 1.78. The van der Waals surface area contributed by atoms with Crippen LogP contribution in [0, 0.1) is 11.8 Å². The van der Waals surface area contributed by atoms with Crippen molar-refractivity contribution in [2.24, 2.45) is 11.8 Å². The van der Waals surface area contributed by atoms with E-state index in [2.05, 4.69) is 49.9 Å². The standard InChI is InChI=1S/C21H38N2/c1-18-6-10-20(11-7-18)16-23(15-5-14-22(3)4)17-21-12-8-19(2)9-13-21/h6,8,20-21H,5,7,9-17H2,1-4H3. The first kappa shape index (κ1) is 18.7. The maximum atomic E-state index is 2.79. The van der Waals surface area contributed by atoms with Crippen LogP contribution in [0.3, 0.4) is 0 Å². The Morgan fingerprint density at radius 3 is 1.78 bits per heavy atom. The van der Waals surface area contributed by atoms with Crippen molar-refractivity contribution in [1.29, 1.82) is 0 Å². The zero-order valence-corrected chi connectivity index (χ0v) is 16.0. The molecule has 0 radical (unpaired) electrons. The second-order valence-corrected chi connectivity index (χ2v) is 8.30. The lowest BCUT2D eigenvalue weighted by molar-refractivity contribution is 0.178. The van der Waals surface area contributed by atoms with Gasteiger partial charge in [0.1, 0.15) is 0 Å². The van der Waals surface area contributed by atoms with E-state index in [1.807, 2.05) is 0 Å². The van der Waals surface area contributed by atoms with E-state index in [0.717, 1.165) is 11.8 Å². The first-order chi connectivity index (χ1) is 11.0. The van der Waals surface area contributed by atoms with Crippen molar-refractivity contribution in [1.82, 2.24) is 9.80 Å². The summed E-state index contributed by atoms with van der Waals surface area (Å²) >= 11 is 0. The summed E-state index contributed by atoms with van der Waals surface area (Å²) in [6, 6.07) is 0. The van der Waals surface area contributed by atoms with Gasteiger partial charge >= 0.3 is 0 Å². The summed E-state index contributed by atoms with van der Waals surface area (Å²) in [7, 11) is 4.38. The summed E-state index contributed by atoms with van der Waals surface area (Å²) < 4.78 is 0. The van der Waals surface area contributed by atoms with Crippen LogP contribution in [0.25, 0.3) is 0 Å². The average molecular weight is 319 g/mol. The van der Waals surface area contributed by atoms with Crippen molar-refractivity contribution < 1.29 is 0 Å². The molecular formula is C21H38N2. The molecule has 0 N–H and O–H groups in total. The number of hydrogen-bond acceptors (Lipinski definition) is 2. The molecule has 0 spiro atoms. The van der Waals surface area contributed by atoms with Gasteiger partial charge in [-0.1, -0.05) is 23.3 Å². The van der Waals surface area contributed by atoms with Crippen molar-refractivity contribution in [3.63, 3.8) is 0 Å². The Morgan fingerprint density at radius 2 is 1.39 bits per heavy atom. The minimum Gasteiger partial charge on any atom is -0.309 e. The van der Waals surface area contributed by atoms with Crippen LogP contribution in [-0.4, -0.2) is 50.1 Å². The molecule has 0 aliphatic heterocycles. The summed E-state index contributed by atoms with van der Waals surface area (Å²) in [6.07, 6.45) is 14.3. The molecule has 0 heterocycles. The maximum absolute atomic E-state index is 2.79. The van der Waals surface area contributed by atoms with Gasteiger partial charge in [-0.05, 0) is 97.8 Å². The topological polar surface area (TPSA) is 6.48 Å². The molecular weight excluding hydrogens is 280 g/mol. The molecule has 2 nitrogen and oxygen atoms in total. The Kier molecular flexibility index (Phi) is 7.85. The molecule has 0 fully saturated rings. The van der Waals surface area contributed by atoms with Gasteiger partial charge in [-0.15, -0.1) is 0 Å². The van der Waals surface area contributed by atoms with Crippen molar-refractivity contribution in [3.05, 3.63) is 23.3 Å². The van der Waals surface area contributed by atoms with Crippen LogP contribution >= 0.6 is 0 Å². The zero-order valence-electron chi connectivity index (χ0n) is 16.0. The van der Waals surface area contributed by atoms with E-state index in [1.54, 1.807) is 11.1 Å². The SMILES string of the molecule is CC1=CCC(CN(CCCN(C)C)CC2CC=C(C)CC2)CC1. The fourth-order valence-electron chi connectivity index (χ4n) is 3.97. The Bertz CT molecular complexity index is 376. The van der Waals surface area contributed by atoms with Crippen molar-refractivity contribution >= 4 is 0 Å². The van der Waals surface area contributed by atoms with Crippen molar-refractivity contribution in [2.75, 3.05) is 40.3 Å². The Hall–Kier alpha value is -0.600. The monoisotopic (exact) mass is 318 g/mol. The maximum Gasteiger partial charge on any atom is 0.00129 e. The third kappa shape index (κ3) is 7.22. The van der Waals surface area contributed by atoms with Crippen LogP contribution in [0.15, 0.2) is 23.3 Å². The van der Waals surface area contributed by atoms with Gasteiger partial charge in [0.2, 0.25) is 0 Å². The molecule has 2 unspecified atom stereocenters.